The fourth-order valence-corrected chi connectivity index (χ4v) is 5.46. The first kappa shape index (κ1) is 14.1. The second-order valence-corrected chi connectivity index (χ2v) is 8.52. The Morgan fingerprint density at radius 2 is 1.80 bits per heavy atom. The van der Waals surface area contributed by atoms with Crippen molar-refractivity contribution in [3.63, 3.8) is 0 Å². The third kappa shape index (κ3) is 2.19. The van der Waals surface area contributed by atoms with Gasteiger partial charge in [-0.1, -0.05) is 38.0 Å². The van der Waals surface area contributed by atoms with Gasteiger partial charge < -0.3 is 5.11 Å². The molecular formula is C16H22O3S. The lowest BCUT2D eigenvalue weighted by atomic mass is 9.70. The molecule has 20 heavy (non-hydrogen) atoms. The molecule has 4 heteroatoms. The van der Waals surface area contributed by atoms with Gasteiger partial charge in [0.15, 0.2) is 9.84 Å². The summed E-state index contributed by atoms with van der Waals surface area (Å²) in [7, 11) is -3.22. The molecular weight excluding hydrogens is 272 g/mol. The number of hydrogen-bond donors (Lipinski definition) is 1. The van der Waals surface area contributed by atoms with E-state index in [1.807, 2.05) is 6.07 Å². The molecule has 0 spiro atoms. The summed E-state index contributed by atoms with van der Waals surface area (Å²) in [6, 6.07) is 7.01. The van der Waals surface area contributed by atoms with Gasteiger partial charge in [0.05, 0.1) is 16.2 Å². The van der Waals surface area contributed by atoms with Gasteiger partial charge in [0.25, 0.3) is 0 Å². The summed E-state index contributed by atoms with van der Waals surface area (Å²) in [6.45, 7) is 2.25. The van der Waals surface area contributed by atoms with E-state index in [4.69, 9.17) is 0 Å². The highest BCUT2D eigenvalue weighted by Crippen LogP contribution is 2.47. The van der Waals surface area contributed by atoms with Crippen molar-refractivity contribution in [1.29, 1.82) is 0 Å². The van der Waals surface area contributed by atoms with Gasteiger partial charge in [-0.3, -0.25) is 0 Å². The van der Waals surface area contributed by atoms with E-state index in [9.17, 15) is 13.5 Å². The van der Waals surface area contributed by atoms with E-state index in [2.05, 4.69) is 6.92 Å². The van der Waals surface area contributed by atoms with E-state index in [-0.39, 0.29) is 11.7 Å². The Balaban J connectivity index is 2.02. The lowest BCUT2D eigenvalue weighted by Gasteiger charge is -2.43. The summed E-state index contributed by atoms with van der Waals surface area (Å²) in [5, 5.41) is 11.2. The van der Waals surface area contributed by atoms with Crippen molar-refractivity contribution in [3.05, 3.63) is 29.8 Å². The third-order valence-electron chi connectivity index (χ3n) is 5.13. The fraction of sp³-hybridized carbons (Fsp3) is 0.625. The summed E-state index contributed by atoms with van der Waals surface area (Å²) >= 11 is 0. The molecule has 1 fully saturated rings. The molecule has 0 saturated heterocycles. The Morgan fingerprint density at radius 1 is 1.15 bits per heavy atom. The van der Waals surface area contributed by atoms with E-state index in [1.165, 1.54) is 0 Å². The lowest BCUT2D eigenvalue weighted by molar-refractivity contribution is -0.0498. The highest BCUT2D eigenvalue weighted by atomic mass is 32.2. The fourth-order valence-electron chi connectivity index (χ4n) is 3.79. The maximum absolute atomic E-state index is 12.2. The van der Waals surface area contributed by atoms with Crippen LogP contribution in [0.4, 0.5) is 0 Å². The summed E-state index contributed by atoms with van der Waals surface area (Å²) < 4.78 is 24.4. The molecule has 2 aliphatic rings. The second-order valence-electron chi connectivity index (χ2n) is 6.45. The molecule has 1 atom stereocenters. The van der Waals surface area contributed by atoms with Crippen LogP contribution in [0.5, 0.6) is 0 Å². The van der Waals surface area contributed by atoms with Gasteiger partial charge >= 0.3 is 0 Å². The van der Waals surface area contributed by atoms with Crippen molar-refractivity contribution in [1.82, 2.24) is 0 Å². The topological polar surface area (TPSA) is 54.4 Å². The smallest absolute Gasteiger partial charge is 0.178 e. The number of benzene rings is 1. The molecule has 0 aromatic heterocycles. The first-order valence-corrected chi connectivity index (χ1v) is 9.13. The van der Waals surface area contributed by atoms with E-state index in [0.717, 1.165) is 31.6 Å². The van der Waals surface area contributed by atoms with E-state index >= 15 is 0 Å². The molecule has 3 nitrogen and oxygen atoms in total. The highest BCUT2D eigenvalue weighted by molar-refractivity contribution is 7.91. The molecule has 0 amide bonds. The molecule has 1 aliphatic carbocycles. The van der Waals surface area contributed by atoms with Crippen molar-refractivity contribution in [3.8, 4) is 0 Å². The van der Waals surface area contributed by atoms with Gasteiger partial charge in [-0.15, -0.1) is 0 Å². The predicted octanol–water partition coefficient (Wildman–Crippen LogP) is 2.88. The third-order valence-corrected chi connectivity index (χ3v) is 6.90. The number of rotatable bonds is 1. The molecule has 110 valence electrons. The summed E-state index contributed by atoms with van der Waals surface area (Å²) in [6.07, 6.45) is 4.58. The minimum atomic E-state index is -3.22. The molecule has 3 rings (SSSR count). The highest BCUT2D eigenvalue weighted by Gasteiger charge is 2.46. The van der Waals surface area contributed by atoms with E-state index in [0.29, 0.717) is 16.9 Å². The van der Waals surface area contributed by atoms with Crippen LogP contribution in [0.1, 0.15) is 44.6 Å². The molecule has 1 heterocycles. The standard InChI is InChI=1S/C16H22O3S/c1-12-6-8-13(9-7-12)16(17)10-11-20(18,19)15-5-3-2-4-14(15)16/h2-5,12-13,17H,6-11H2,1H3. The SMILES string of the molecule is CC1CCC(C2(O)CCS(=O)(=O)c3ccccc32)CC1. The van der Waals surface area contributed by atoms with Crippen molar-refractivity contribution >= 4 is 9.84 Å². The summed E-state index contributed by atoms with van der Waals surface area (Å²) in [5.74, 6) is 0.972. The van der Waals surface area contributed by atoms with E-state index < -0.39 is 15.4 Å². The Hall–Kier alpha value is -0.870. The van der Waals surface area contributed by atoms with Gasteiger partial charge in [-0.05, 0) is 37.2 Å². The van der Waals surface area contributed by atoms with Crippen molar-refractivity contribution in [2.75, 3.05) is 5.75 Å². The van der Waals surface area contributed by atoms with Crippen LogP contribution in [-0.2, 0) is 15.4 Å². The number of aliphatic hydroxyl groups is 1. The van der Waals surface area contributed by atoms with Crippen molar-refractivity contribution in [2.45, 2.75) is 49.5 Å². The van der Waals surface area contributed by atoms with E-state index in [1.54, 1.807) is 18.2 Å². The van der Waals surface area contributed by atoms with Crippen LogP contribution in [0, 0.1) is 11.8 Å². The van der Waals surface area contributed by atoms with Crippen LogP contribution in [0.25, 0.3) is 0 Å². The molecule has 1 aromatic carbocycles. The Bertz CT molecular complexity index is 600. The van der Waals surface area contributed by atoms with Gasteiger partial charge in [0.2, 0.25) is 0 Å². The minimum absolute atomic E-state index is 0.0621. The normalized spacial score (nSPS) is 36.3. The van der Waals surface area contributed by atoms with Gasteiger partial charge in [0, 0.05) is 5.56 Å². The number of hydrogen-bond acceptors (Lipinski definition) is 3. The second kappa shape index (κ2) is 4.85. The molecule has 1 aliphatic heterocycles. The monoisotopic (exact) mass is 294 g/mol. The minimum Gasteiger partial charge on any atom is -0.385 e. The zero-order valence-electron chi connectivity index (χ0n) is 11.9. The zero-order valence-corrected chi connectivity index (χ0v) is 12.7. The Kier molecular flexibility index (Phi) is 3.41. The van der Waals surface area contributed by atoms with Crippen LogP contribution in [0.2, 0.25) is 0 Å². The van der Waals surface area contributed by atoms with Crippen LogP contribution in [-0.4, -0.2) is 19.3 Å². The van der Waals surface area contributed by atoms with Gasteiger partial charge in [-0.2, -0.15) is 0 Å². The first-order chi connectivity index (χ1) is 9.43. The molecule has 1 N–H and O–H groups in total. The van der Waals surface area contributed by atoms with Crippen LogP contribution < -0.4 is 0 Å². The molecule has 1 saturated carbocycles. The van der Waals surface area contributed by atoms with Gasteiger partial charge in [-0.25, -0.2) is 8.42 Å². The molecule has 1 aromatic rings. The average molecular weight is 294 g/mol. The number of sulfone groups is 1. The first-order valence-electron chi connectivity index (χ1n) is 7.48. The zero-order chi connectivity index (χ0) is 14.4. The molecule has 1 unspecified atom stereocenters. The Morgan fingerprint density at radius 3 is 2.50 bits per heavy atom. The number of fused-ring (bicyclic) bond motifs is 1. The Labute approximate surface area is 120 Å². The molecule has 0 radical (unpaired) electrons. The summed E-state index contributed by atoms with van der Waals surface area (Å²) in [4.78, 5) is 0.340. The van der Waals surface area contributed by atoms with Crippen LogP contribution in [0.15, 0.2) is 29.2 Å². The molecule has 0 bridgehead atoms. The quantitative estimate of drug-likeness (QED) is 0.866. The largest absolute Gasteiger partial charge is 0.385 e. The lowest BCUT2D eigenvalue weighted by Crippen LogP contribution is -2.43. The maximum atomic E-state index is 12.2. The summed E-state index contributed by atoms with van der Waals surface area (Å²) in [5.41, 5.74) is -0.326. The van der Waals surface area contributed by atoms with Crippen LogP contribution >= 0.6 is 0 Å². The van der Waals surface area contributed by atoms with Gasteiger partial charge in [0.1, 0.15) is 0 Å². The predicted molar refractivity (Wildman–Crippen MR) is 78.1 cm³/mol. The average Bonchev–Trinajstić information content (AvgIpc) is 2.45. The van der Waals surface area contributed by atoms with Crippen molar-refractivity contribution in [2.24, 2.45) is 11.8 Å². The van der Waals surface area contributed by atoms with Crippen LogP contribution in [0.3, 0.4) is 0 Å². The van der Waals surface area contributed by atoms with Crippen molar-refractivity contribution < 1.29 is 13.5 Å². The maximum Gasteiger partial charge on any atom is 0.178 e.